The highest BCUT2D eigenvalue weighted by molar-refractivity contribution is 9.08. The van der Waals surface area contributed by atoms with Crippen molar-refractivity contribution in [2.24, 2.45) is 0 Å². The number of hydrogen-bond donors (Lipinski definition) is 0. The molecular formula is C8H7BrClF2NO. The molecule has 1 rings (SSSR count). The predicted molar refractivity (Wildman–Crippen MR) is 53.4 cm³/mol. The lowest BCUT2D eigenvalue weighted by atomic mass is 10.2. The van der Waals surface area contributed by atoms with Gasteiger partial charge in [0.25, 0.3) is 6.43 Å². The lowest BCUT2D eigenvalue weighted by molar-refractivity contribution is 0.151. The maximum absolute atomic E-state index is 12.4. The summed E-state index contributed by atoms with van der Waals surface area (Å²) in [5.41, 5.74) is 0.272. The number of ether oxygens (including phenoxy) is 1. The first-order chi connectivity index (χ1) is 6.60. The quantitative estimate of drug-likeness (QED) is 0.626. The molecule has 1 heterocycles. The van der Waals surface area contributed by atoms with Gasteiger partial charge in [0.2, 0.25) is 5.88 Å². The molecule has 0 bridgehead atoms. The maximum atomic E-state index is 12.4. The van der Waals surface area contributed by atoms with Gasteiger partial charge in [0, 0.05) is 10.9 Å². The summed E-state index contributed by atoms with van der Waals surface area (Å²) in [5, 5.41) is 0.168. The minimum atomic E-state index is -2.63. The van der Waals surface area contributed by atoms with Crippen LogP contribution in [0.4, 0.5) is 8.78 Å². The summed E-state index contributed by atoms with van der Waals surface area (Å²) in [4.78, 5) is 3.72. The van der Waals surface area contributed by atoms with Gasteiger partial charge in [0.05, 0.1) is 12.7 Å². The van der Waals surface area contributed by atoms with Crippen molar-refractivity contribution >= 4 is 27.5 Å². The average Bonchev–Trinajstić information content (AvgIpc) is 2.16. The molecule has 1 aromatic rings. The van der Waals surface area contributed by atoms with Crippen LogP contribution in [0.25, 0.3) is 0 Å². The third kappa shape index (κ3) is 2.33. The molecule has 0 saturated carbocycles. The lowest BCUT2D eigenvalue weighted by Gasteiger charge is -2.08. The predicted octanol–water partition coefficient (Wildman–Crippen LogP) is 3.58. The third-order valence-corrected chi connectivity index (χ3v) is 2.52. The van der Waals surface area contributed by atoms with E-state index >= 15 is 0 Å². The summed E-state index contributed by atoms with van der Waals surface area (Å²) in [6.45, 7) is 0. The molecular weight excluding hydrogens is 279 g/mol. The van der Waals surface area contributed by atoms with Crippen molar-refractivity contribution in [3.8, 4) is 5.88 Å². The number of pyridine rings is 1. The zero-order chi connectivity index (χ0) is 10.7. The van der Waals surface area contributed by atoms with Crippen LogP contribution in [0.1, 0.15) is 17.6 Å². The van der Waals surface area contributed by atoms with Crippen LogP contribution in [0.5, 0.6) is 5.88 Å². The molecule has 0 amide bonds. The van der Waals surface area contributed by atoms with Gasteiger partial charge in [-0.1, -0.05) is 27.5 Å². The van der Waals surface area contributed by atoms with Crippen molar-refractivity contribution in [2.75, 3.05) is 7.11 Å². The summed E-state index contributed by atoms with van der Waals surface area (Å²) < 4.78 is 29.7. The standard InChI is InChI=1S/C8H7BrClF2NO/c1-14-8-4(3-9)2-5(7(11)12)6(10)13-8/h2,7H,3H2,1H3. The van der Waals surface area contributed by atoms with E-state index < -0.39 is 6.43 Å². The smallest absolute Gasteiger partial charge is 0.266 e. The molecule has 0 aromatic carbocycles. The van der Waals surface area contributed by atoms with E-state index in [-0.39, 0.29) is 16.6 Å². The fraction of sp³-hybridized carbons (Fsp3) is 0.375. The third-order valence-electron chi connectivity index (χ3n) is 1.61. The Kier molecular flexibility index (Phi) is 4.07. The van der Waals surface area contributed by atoms with Crippen LogP contribution in [-0.2, 0) is 5.33 Å². The van der Waals surface area contributed by atoms with E-state index in [0.717, 1.165) is 0 Å². The number of halogens is 4. The van der Waals surface area contributed by atoms with Crippen LogP contribution in [0.3, 0.4) is 0 Å². The van der Waals surface area contributed by atoms with Crippen LogP contribution in [0, 0.1) is 0 Å². The van der Waals surface area contributed by atoms with E-state index in [2.05, 4.69) is 20.9 Å². The number of nitrogens with zero attached hydrogens (tertiary/aromatic N) is 1. The van der Waals surface area contributed by atoms with E-state index in [9.17, 15) is 8.78 Å². The molecule has 0 aliphatic heterocycles. The molecule has 0 saturated heterocycles. The number of methoxy groups -OCH3 is 1. The van der Waals surface area contributed by atoms with Crippen molar-refractivity contribution in [1.82, 2.24) is 4.98 Å². The van der Waals surface area contributed by atoms with Gasteiger partial charge in [-0.2, -0.15) is 0 Å². The van der Waals surface area contributed by atoms with E-state index in [1.807, 2.05) is 0 Å². The van der Waals surface area contributed by atoms with Gasteiger partial charge < -0.3 is 4.74 Å². The van der Waals surface area contributed by atoms with E-state index in [4.69, 9.17) is 16.3 Å². The highest BCUT2D eigenvalue weighted by Gasteiger charge is 2.17. The summed E-state index contributed by atoms with van der Waals surface area (Å²) in [6, 6.07) is 1.29. The van der Waals surface area contributed by atoms with Gasteiger partial charge in [0.1, 0.15) is 5.15 Å². The first-order valence-electron chi connectivity index (χ1n) is 3.67. The van der Waals surface area contributed by atoms with Crippen molar-refractivity contribution in [3.05, 3.63) is 22.3 Å². The van der Waals surface area contributed by atoms with E-state index in [1.165, 1.54) is 13.2 Å². The van der Waals surface area contributed by atoms with Crippen LogP contribution < -0.4 is 4.74 Å². The Morgan fingerprint density at radius 3 is 2.71 bits per heavy atom. The first kappa shape index (κ1) is 11.7. The molecule has 0 atom stereocenters. The Morgan fingerprint density at radius 2 is 2.29 bits per heavy atom. The Bertz CT molecular complexity index is 335. The first-order valence-corrected chi connectivity index (χ1v) is 5.17. The van der Waals surface area contributed by atoms with Crippen molar-refractivity contribution < 1.29 is 13.5 Å². The van der Waals surface area contributed by atoms with Gasteiger partial charge in [-0.3, -0.25) is 0 Å². The molecule has 6 heteroatoms. The maximum Gasteiger partial charge on any atom is 0.266 e. The molecule has 0 aliphatic carbocycles. The fourth-order valence-electron chi connectivity index (χ4n) is 0.960. The molecule has 1 aromatic heterocycles. The second kappa shape index (κ2) is 4.89. The fourth-order valence-corrected chi connectivity index (χ4v) is 1.58. The molecule has 0 fully saturated rings. The van der Waals surface area contributed by atoms with Gasteiger partial charge in [0.15, 0.2) is 0 Å². The molecule has 0 aliphatic rings. The van der Waals surface area contributed by atoms with Gasteiger partial charge in [-0.05, 0) is 6.07 Å². The monoisotopic (exact) mass is 285 g/mol. The van der Waals surface area contributed by atoms with Crippen molar-refractivity contribution in [3.63, 3.8) is 0 Å². The SMILES string of the molecule is COc1nc(Cl)c(C(F)F)cc1CBr. The highest BCUT2D eigenvalue weighted by Crippen LogP contribution is 2.31. The Hall–Kier alpha value is -0.420. The van der Waals surface area contributed by atoms with E-state index in [0.29, 0.717) is 10.9 Å². The van der Waals surface area contributed by atoms with Crippen LogP contribution in [0.15, 0.2) is 6.07 Å². The largest absolute Gasteiger partial charge is 0.481 e. The molecule has 2 nitrogen and oxygen atoms in total. The van der Waals surface area contributed by atoms with Crippen molar-refractivity contribution in [2.45, 2.75) is 11.8 Å². The normalized spacial score (nSPS) is 10.7. The molecule has 14 heavy (non-hydrogen) atoms. The average molecular weight is 287 g/mol. The number of hydrogen-bond acceptors (Lipinski definition) is 2. The minimum Gasteiger partial charge on any atom is -0.481 e. The second-order valence-electron chi connectivity index (χ2n) is 2.47. The Morgan fingerprint density at radius 1 is 1.64 bits per heavy atom. The number of aromatic nitrogens is 1. The number of alkyl halides is 3. The Labute approximate surface area is 93.4 Å². The highest BCUT2D eigenvalue weighted by atomic mass is 79.9. The van der Waals surface area contributed by atoms with Gasteiger partial charge in [-0.15, -0.1) is 0 Å². The van der Waals surface area contributed by atoms with Crippen LogP contribution >= 0.6 is 27.5 Å². The molecule has 0 N–H and O–H groups in total. The summed E-state index contributed by atoms with van der Waals surface area (Å²) in [5.74, 6) is 0.260. The van der Waals surface area contributed by atoms with E-state index in [1.54, 1.807) is 0 Å². The topological polar surface area (TPSA) is 22.1 Å². The molecule has 0 radical (unpaired) electrons. The van der Waals surface area contributed by atoms with Crippen molar-refractivity contribution in [1.29, 1.82) is 0 Å². The summed E-state index contributed by atoms with van der Waals surface area (Å²) >= 11 is 8.69. The Balaban J connectivity index is 3.23. The number of rotatable bonds is 3. The van der Waals surface area contributed by atoms with Gasteiger partial charge in [-0.25, -0.2) is 13.8 Å². The zero-order valence-corrected chi connectivity index (χ0v) is 9.57. The van der Waals surface area contributed by atoms with Gasteiger partial charge >= 0.3 is 0 Å². The molecule has 0 spiro atoms. The summed E-state index contributed by atoms with van der Waals surface area (Å²) in [6.07, 6.45) is -2.63. The molecule has 78 valence electrons. The summed E-state index contributed by atoms with van der Waals surface area (Å²) in [7, 11) is 1.41. The van der Waals surface area contributed by atoms with Crippen LogP contribution in [0.2, 0.25) is 5.15 Å². The lowest BCUT2D eigenvalue weighted by Crippen LogP contribution is -1.98. The second-order valence-corrected chi connectivity index (χ2v) is 3.39. The molecule has 0 unspecified atom stereocenters. The zero-order valence-electron chi connectivity index (χ0n) is 7.23. The minimum absolute atomic E-state index is 0.221. The van der Waals surface area contributed by atoms with Crippen LogP contribution in [-0.4, -0.2) is 12.1 Å².